The first kappa shape index (κ1) is 20.3. The molecule has 0 aliphatic rings. The lowest BCUT2D eigenvalue weighted by molar-refractivity contribution is -0.142. The molecule has 27 heavy (non-hydrogen) atoms. The van der Waals surface area contributed by atoms with Gasteiger partial charge in [0, 0.05) is 17.4 Å². The van der Waals surface area contributed by atoms with Gasteiger partial charge in [0.25, 0.3) is 0 Å². The highest BCUT2D eigenvalue weighted by atomic mass is 16.4. The first-order valence-electron chi connectivity index (χ1n) is 9.28. The van der Waals surface area contributed by atoms with E-state index >= 15 is 0 Å². The molecule has 2 aromatic rings. The summed E-state index contributed by atoms with van der Waals surface area (Å²) in [5.41, 5.74) is 2.80. The standard InChI is InChI=1S/C22H27N3O2/c1-5-17-13-18(9-12-20(17)24-15(3)4)22(6-2,21(26)27)25-19-10-7-16(14-23)8-11-19/h7-13,15,24-25H,5-6H2,1-4H3,(H,26,27). The van der Waals surface area contributed by atoms with Gasteiger partial charge >= 0.3 is 5.97 Å². The van der Waals surface area contributed by atoms with Crippen molar-refractivity contribution in [2.45, 2.75) is 52.1 Å². The van der Waals surface area contributed by atoms with Gasteiger partial charge < -0.3 is 15.7 Å². The summed E-state index contributed by atoms with van der Waals surface area (Å²) in [6, 6.07) is 15.0. The predicted octanol–water partition coefficient (Wildman–Crippen LogP) is 4.74. The second-order valence-corrected chi connectivity index (χ2v) is 6.90. The molecule has 0 saturated heterocycles. The molecule has 1 unspecified atom stereocenters. The van der Waals surface area contributed by atoms with Gasteiger partial charge in [-0.15, -0.1) is 0 Å². The highest BCUT2D eigenvalue weighted by molar-refractivity contribution is 5.85. The lowest BCUT2D eigenvalue weighted by Crippen LogP contribution is -2.43. The van der Waals surface area contributed by atoms with Crippen molar-refractivity contribution < 1.29 is 9.90 Å². The van der Waals surface area contributed by atoms with E-state index in [-0.39, 0.29) is 0 Å². The number of aliphatic carboxylic acids is 1. The molecular formula is C22H27N3O2. The SMILES string of the molecule is CCc1cc(C(CC)(Nc2ccc(C#N)cc2)C(=O)O)ccc1NC(C)C. The summed E-state index contributed by atoms with van der Waals surface area (Å²) < 4.78 is 0. The van der Waals surface area contributed by atoms with Gasteiger partial charge in [-0.3, -0.25) is 0 Å². The van der Waals surface area contributed by atoms with E-state index in [2.05, 4.69) is 37.5 Å². The molecule has 0 aliphatic heterocycles. The third-order valence-electron chi connectivity index (χ3n) is 4.69. The van der Waals surface area contributed by atoms with Crippen LogP contribution >= 0.6 is 0 Å². The van der Waals surface area contributed by atoms with Gasteiger partial charge in [0.15, 0.2) is 5.54 Å². The van der Waals surface area contributed by atoms with Crippen molar-refractivity contribution in [2.75, 3.05) is 10.6 Å². The minimum atomic E-state index is -1.24. The highest BCUT2D eigenvalue weighted by Gasteiger charge is 2.39. The van der Waals surface area contributed by atoms with Gasteiger partial charge in [-0.05, 0) is 68.1 Å². The Morgan fingerprint density at radius 1 is 1.19 bits per heavy atom. The molecule has 0 fully saturated rings. The number of hydrogen-bond donors (Lipinski definition) is 3. The summed E-state index contributed by atoms with van der Waals surface area (Å²) in [6.07, 6.45) is 1.18. The molecule has 0 bridgehead atoms. The van der Waals surface area contributed by atoms with Crippen LogP contribution in [0.2, 0.25) is 0 Å². The van der Waals surface area contributed by atoms with Gasteiger partial charge in [0.2, 0.25) is 0 Å². The Kier molecular flexibility index (Phi) is 6.46. The van der Waals surface area contributed by atoms with Crippen molar-refractivity contribution in [3.05, 3.63) is 59.2 Å². The van der Waals surface area contributed by atoms with Gasteiger partial charge in [0.1, 0.15) is 0 Å². The average Bonchev–Trinajstić information content (AvgIpc) is 2.66. The Hall–Kier alpha value is -3.00. The summed E-state index contributed by atoms with van der Waals surface area (Å²) in [7, 11) is 0. The van der Waals surface area contributed by atoms with Gasteiger partial charge in [-0.1, -0.05) is 26.0 Å². The summed E-state index contributed by atoms with van der Waals surface area (Å²) in [6.45, 7) is 8.07. The molecule has 142 valence electrons. The maximum atomic E-state index is 12.3. The van der Waals surface area contributed by atoms with Crippen LogP contribution in [-0.4, -0.2) is 17.1 Å². The average molecular weight is 365 g/mol. The van der Waals surface area contributed by atoms with Crippen LogP contribution in [0.25, 0.3) is 0 Å². The lowest BCUT2D eigenvalue weighted by Gasteiger charge is -2.32. The second-order valence-electron chi connectivity index (χ2n) is 6.90. The van der Waals surface area contributed by atoms with E-state index in [0.717, 1.165) is 17.7 Å². The molecule has 3 N–H and O–H groups in total. The maximum Gasteiger partial charge on any atom is 0.334 e. The minimum absolute atomic E-state index is 0.299. The molecule has 0 spiro atoms. The Bertz CT molecular complexity index is 838. The Balaban J connectivity index is 2.48. The van der Waals surface area contributed by atoms with Crippen LogP contribution in [0.4, 0.5) is 11.4 Å². The van der Waals surface area contributed by atoms with Gasteiger partial charge in [-0.25, -0.2) is 4.79 Å². The largest absolute Gasteiger partial charge is 0.479 e. The quantitative estimate of drug-likeness (QED) is 0.629. The first-order valence-corrected chi connectivity index (χ1v) is 9.28. The van der Waals surface area contributed by atoms with Crippen LogP contribution in [0.5, 0.6) is 0 Å². The highest BCUT2D eigenvalue weighted by Crippen LogP contribution is 2.33. The van der Waals surface area contributed by atoms with E-state index in [1.165, 1.54) is 0 Å². The zero-order chi connectivity index (χ0) is 20.0. The van der Waals surface area contributed by atoms with Crippen molar-refractivity contribution in [3.8, 4) is 6.07 Å². The number of carboxylic acids is 1. The first-order chi connectivity index (χ1) is 12.9. The van der Waals surface area contributed by atoms with E-state index in [0.29, 0.717) is 29.3 Å². The van der Waals surface area contributed by atoms with Crippen LogP contribution in [-0.2, 0) is 16.8 Å². The predicted molar refractivity (Wildman–Crippen MR) is 109 cm³/mol. The number of carbonyl (C=O) groups is 1. The lowest BCUT2D eigenvalue weighted by atomic mass is 9.85. The number of benzene rings is 2. The monoisotopic (exact) mass is 365 g/mol. The van der Waals surface area contributed by atoms with E-state index in [1.807, 2.05) is 25.1 Å². The maximum absolute atomic E-state index is 12.3. The molecule has 0 heterocycles. The van der Waals surface area contributed by atoms with Crippen LogP contribution in [0.1, 0.15) is 50.8 Å². The van der Waals surface area contributed by atoms with Crippen molar-refractivity contribution >= 4 is 17.3 Å². The number of aryl methyl sites for hydroxylation is 1. The number of hydrogen-bond acceptors (Lipinski definition) is 4. The molecule has 0 amide bonds. The third kappa shape index (κ3) is 4.40. The minimum Gasteiger partial charge on any atom is -0.479 e. The Morgan fingerprint density at radius 3 is 2.33 bits per heavy atom. The molecule has 0 aromatic heterocycles. The van der Waals surface area contributed by atoms with E-state index in [9.17, 15) is 9.90 Å². The zero-order valence-electron chi connectivity index (χ0n) is 16.3. The molecule has 5 heteroatoms. The molecule has 5 nitrogen and oxygen atoms in total. The van der Waals surface area contributed by atoms with E-state index < -0.39 is 11.5 Å². The third-order valence-corrected chi connectivity index (χ3v) is 4.69. The van der Waals surface area contributed by atoms with Crippen LogP contribution in [0.15, 0.2) is 42.5 Å². The van der Waals surface area contributed by atoms with Crippen molar-refractivity contribution in [3.63, 3.8) is 0 Å². The number of rotatable bonds is 8. The fourth-order valence-corrected chi connectivity index (χ4v) is 3.17. The summed E-state index contributed by atoms with van der Waals surface area (Å²) >= 11 is 0. The fourth-order valence-electron chi connectivity index (χ4n) is 3.17. The van der Waals surface area contributed by atoms with Crippen molar-refractivity contribution in [1.29, 1.82) is 5.26 Å². The number of nitriles is 1. The topological polar surface area (TPSA) is 85.2 Å². The van der Waals surface area contributed by atoms with Gasteiger partial charge in [-0.2, -0.15) is 5.26 Å². The summed E-state index contributed by atoms with van der Waals surface area (Å²) in [5.74, 6) is -0.930. The fraction of sp³-hybridized carbons (Fsp3) is 0.364. The number of anilines is 2. The molecule has 2 aromatic carbocycles. The number of carboxylic acid groups (broad SMARTS) is 1. The number of nitrogens with one attached hydrogen (secondary N) is 2. The molecule has 1 atom stereocenters. The molecule has 0 saturated carbocycles. The molecule has 0 radical (unpaired) electrons. The summed E-state index contributed by atoms with van der Waals surface area (Å²) in [5, 5.41) is 25.6. The van der Waals surface area contributed by atoms with Crippen LogP contribution in [0.3, 0.4) is 0 Å². The van der Waals surface area contributed by atoms with Crippen molar-refractivity contribution in [2.24, 2.45) is 0 Å². The second kappa shape index (κ2) is 8.59. The van der Waals surface area contributed by atoms with Gasteiger partial charge in [0.05, 0.1) is 11.6 Å². The summed E-state index contributed by atoms with van der Waals surface area (Å²) in [4.78, 5) is 12.3. The smallest absolute Gasteiger partial charge is 0.334 e. The molecule has 2 rings (SSSR count). The normalized spacial score (nSPS) is 12.9. The molecule has 0 aliphatic carbocycles. The Morgan fingerprint density at radius 2 is 1.85 bits per heavy atom. The van der Waals surface area contributed by atoms with E-state index in [4.69, 9.17) is 5.26 Å². The zero-order valence-corrected chi connectivity index (χ0v) is 16.3. The van der Waals surface area contributed by atoms with Crippen LogP contribution in [0, 0.1) is 11.3 Å². The molecular weight excluding hydrogens is 338 g/mol. The number of nitrogens with zero attached hydrogens (tertiary/aromatic N) is 1. The van der Waals surface area contributed by atoms with E-state index in [1.54, 1.807) is 24.3 Å². The van der Waals surface area contributed by atoms with Crippen molar-refractivity contribution in [1.82, 2.24) is 0 Å². The van der Waals surface area contributed by atoms with Crippen LogP contribution < -0.4 is 10.6 Å². The Labute approximate surface area is 161 Å².